The van der Waals surface area contributed by atoms with Crippen LogP contribution in [0, 0.1) is 11.8 Å². The summed E-state index contributed by atoms with van der Waals surface area (Å²) < 4.78 is 0.651. The predicted octanol–water partition coefficient (Wildman–Crippen LogP) is 3.37. The van der Waals surface area contributed by atoms with E-state index in [1.165, 1.54) is 25.7 Å². The Morgan fingerprint density at radius 2 is 2.00 bits per heavy atom. The minimum Gasteiger partial charge on any atom is -0.0669 e. The third kappa shape index (κ3) is 1.14. The highest BCUT2D eigenvalue weighted by atomic mass is 127. The van der Waals surface area contributed by atoms with Gasteiger partial charge in [-0.15, -0.1) is 0 Å². The van der Waals surface area contributed by atoms with Crippen LogP contribution >= 0.6 is 45.2 Å². The molecule has 0 nitrogen and oxygen atoms in total. The van der Waals surface area contributed by atoms with Gasteiger partial charge in [0, 0.05) is 0 Å². The summed E-state index contributed by atoms with van der Waals surface area (Å²) in [5.74, 6) is 2.16. The fourth-order valence-electron chi connectivity index (χ4n) is 2.20. The molecule has 0 N–H and O–H groups in total. The van der Waals surface area contributed by atoms with Crippen LogP contribution in [0.25, 0.3) is 0 Å². The van der Waals surface area contributed by atoms with Crippen LogP contribution in [-0.2, 0) is 0 Å². The van der Waals surface area contributed by atoms with Crippen LogP contribution in [0.5, 0.6) is 0 Å². The van der Waals surface area contributed by atoms with E-state index in [1.807, 2.05) is 0 Å². The van der Waals surface area contributed by atoms with Crippen molar-refractivity contribution in [3.63, 3.8) is 0 Å². The Labute approximate surface area is 83.4 Å². The monoisotopic (exact) mass is 348 g/mol. The molecule has 0 aromatic rings. The second-order valence-electron chi connectivity index (χ2n) is 3.34. The third-order valence-electron chi connectivity index (χ3n) is 2.70. The Hall–Kier alpha value is 1.46. The van der Waals surface area contributed by atoms with Gasteiger partial charge in [-0.3, -0.25) is 0 Å². The van der Waals surface area contributed by atoms with E-state index in [1.54, 1.807) is 0 Å². The van der Waals surface area contributed by atoms with Gasteiger partial charge in [0.1, 0.15) is 0 Å². The topological polar surface area (TPSA) is 0 Å². The summed E-state index contributed by atoms with van der Waals surface area (Å²) in [5.41, 5.74) is 0. The van der Waals surface area contributed by atoms with Crippen molar-refractivity contribution < 1.29 is 0 Å². The third-order valence-corrected chi connectivity index (χ3v) is 5.34. The number of halogens is 2. The Kier molecular flexibility index (Phi) is 1.76. The number of hydrogen-bond donors (Lipinski definition) is 0. The first-order chi connectivity index (χ1) is 4.18. The maximum Gasteiger partial charge on any atom is 0.0765 e. The lowest BCUT2D eigenvalue weighted by Crippen LogP contribution is -2.19. The van der Waals surface area contributed by atoms with E-state index in [0.717, 1.165) is 11.8 Å². The fourth-order valence-corrected chi connectivity index (χ4v) is 4.57. The van der Waals surface area contributed by atoms with Gasteiger partial charge in [0.05, 0.1) is 1.43 Å². The first kappa shape index (κ1) is 7.13. The molecule has 0 amide bonds. The van der Waals surface area contributed by atoms with Crippen LogP contribution in [0.4, 0.5) is 0 Å². The van der Waals surface area contributed by atoms with Crippen molar-refractivity contribution in [1.29, 1.82) is 0 Å². The molecule has 2 bridgehead atoms. The molecule has 0 aromatic heterocycles. The highest BCUT2D eigenvalue weighted by Gasteiger charge is 2.47. The molecule has 2 aliphatic carbocycles. The molecule has 2 fully saturated rings. The molecule has 2 atom stereocenters. The van der Waals surface area contributed by atoms with Crippen molar-refractivity contribution in [2.45, 2.75) is 27.1 Å². The molecular weight excluding hydrogens is 338 g/mol. The van der Waals surface area contributed by atoms with Crippen molar-refractivity contribution in [1.82, 2.24) is 0 Å². The Morgan fingerprint density at radius 1 is 1.22 bits per heavy atom. The molecule has 2 rings (SSSR count). The van der Waals surface area contributed by atoms with Gasteiger partial charge in [-0.1, -0.05) is 51.6 Å². The van der Waals surface area contributed by atoms with Crippen LogP contribution in [-0.4, -0.2) is 1.43 Å². The second-order valence-corrected chi connectivity index (χ2v) is 9.26. The van der Waals surface area contributed by atoms with Gasteiger partial charge in [-0.05, 0) is 31.1 Å². The van der Waals surface area contributed by atoms with Crippen molar-refractivity contribution in [3.8, 4) is 0 Å². The van der Waals surface area contributed by atoms with Crippen LogP contribution in [0.15, 0.2) is 0 Å². The molecule has 2 unspecified atom stereocenters. The van der Waals surface area contributed by atoms with Gasteiger partial charge in [0.2, 0.25) is 0 Å². The fraction of sp³-hybridized carbons (Fsp3) is 1.00. The molecular formula is C7H10I2. The molecule has 2 saturated carbocycles. The van der Waals surface area contributed by atoms with Crippen molar-refractivity contribution in [2.75, 3.05) is 0 Å². The SMILES string of the molecule is IC1(I)CC2CCC1C2. The van der Waals surface area contributed by atoms with Gasteiger partial charge in [0.25, 0.3) is 0 Å². The number of rotatable bonds is 0. The molecule has 0 saturated heterocycles. The highest BCUT2D eigenvalue weighted by Crippen LogP contribution is 2.58. The smallest absolute Gasteiger partial charge is 0.0669 e. The Morgan fingerprint density at radius 3 is 2.22 bits per heavy atom. The van der Waals surface area contributed by atoms with E-state index in [2.05, 4.69) is 45.2 Å². The molecule has 0 radical (unpaired) electrons. The lowest BCUT2D eigenvalue weighted by molar-refractivity contribution is 0.493. The zero-order chi connectivity index (χ0) is 6.48. The summed E-state index contributed by atoms with van der Waals surface area (Å²) in [6.07, 6.45) is 6.06. The molecule has 2 aliphatic rings. The van der Waals surface area contributed by atoms with Crippen LogP contribution < -0.4 is 0 Å². The van der Waals surface area contributed by atoms with E-state index in [9.17, 15) is 0 Å². The largest absolute Gasteiger partial charge is 0.0765 e. The van der Waals surface area contributed by atoms with Crippen LogP contribution in [0.1, 0.15) is 25.7 Å². The highest BCUT2D eigenvalue weighted by molar-refractivity contribution is 14.2. The average Bonchev–Trinajstić information content (AvgIpc) is 2.19. The summed E-state index contributed by atoms with van der Waals surface area (Å²) in [4.78, 5) is 0. The van der Waals surface area contributed by atoms with Gasteiger partial charge in [-0.2, -0.15) is 0 Å². The summed E-state index contributed by atoms with van der Waals surface area (Å²) in [7, 11) is 0. The van der Waals surface area contributed by atoms with E-state index in [0.29, 0.717) is 1.43 Å². The minimum atomic E-state index is 0.651. The molecule has 0 heterocycles. The standard InChI is InChI=1S/C7H10I2/c8-7(9)4-5-1-2-6(7)3-5/h5-6H,1-4H2. The summed E-state index contributed by atoms with van der Waals surface area (Å²) >= 11 is 5.29. The Bertz CT molecular complexity index is 131. The van der Waals surface area contributed by atoms with Gasteiger partial charge >= 0.3 is 0 Å². The maximum absolute atomic E-state index is 2.65. The van der Waals surface area contributed by atoms with Crippen LogP contribution in [0.2, 0.25) is 0 Å². The molecule has 52 valence electrons. The number of alkyl halides is 2. The van der Waals surface area contributed by atoms with E-state index in [4.69, 9.17) is 0 Å². The quantitative estimate of drug-likeness (QED) is 0.465. The van der Waals surface area contributed by atoms with Crippen LogP contribution in [0.3, 0.4) is 0 Å². The van der Waals surface area contributed by atoms with Gasteiger partial charge in [0.15, 0.2) is 0 Å². The lowest BCUT2D eigenvalue weighted by atomic mass is 10.0. The van der Waals surface area contributed by atoms with E-state index in [-0.39, 0.29) is 0 Å². The first-order valence-corrected chi connectivity index (χ1v) is 5.72. The number of fused-ring (bicyclic) bond motifs is 2. The molecule has 2 heteroatoms. The first-order valence-electron chi connectivity index (χ1n) is 3.56. The van der Waals surface area contributed by atoms with Gasteiger partial charge in [-0.25, -0.2) is 0 Å². The van der Waals surface area contributed by atoms with Gasteiger partial charge < -0.3 is 0 Å². The van der Waals surface area contributed by atoms with E-state index < -0.39 is 0 Å². The zero-order valence-electron chi connectivity index (χ0n) is 5.24. The molecule has 0 spiro atoms. The zero-order valence-corrected chi connectivity index (χ0v) is 9.55. The summed E-state index contributed by atoms with van der Waals surface area (Å²) in [6.45, 7) is 0. The predicted molar refractivity (Wildman–Crippen MR) is 56.2 cm³/mol. The maximum atomic E-state index is 2.65. The second kappa shape index (κ2) is 2.22. The molecule has 0 aliphatic heterocycles. The average molecular weight is 348 g/mol. The molecule has 9 heavy (non-hydrogen) atoms. The summed E-state index contributed by atoms with van der Waals surface area (Å²) in [6, 6.07) is 0. The molecule has 0 aromatic carbocycles. The summed E-state index contributed by atoms with van der Waals surface area (Å²) in [5, 5.41) is 0. The number of hydrogen-bond acceptors (Lipinski definition) is 0. The minimum absolute atomic E-state index is 0.651. The van der Waals surface area contributed by atoms with Crippen molar-refractivity contribution in [2.24, 2.45) is 11.8 Å². The Balaban J connectivity index is 2.18. The normalized spacial score (nSPS) is 46.0. The lowest BCUT2D eigenvalue weighted by Gasteiger charge is -2.24. The van der Waals surface area contributed by atoms with Crippen molar-refractivity contribution in [3.05, 3.63) is 0 Å². The van der Waals surface area contributed by atoms with E-state index >= 15 is 0 Å². The van der Waals surface area contributed by atoms with Crippen molar-refractivity contribution >= 4 is 45.2 Å².